The molecule has 1 aromatic heterocycles. The van der Waals surface area contributed by atoms with Crippen molar-refractivity contribution >= 4 is 88.1 Å². The molecule has 5 aliphatic rings. The Morgan fingerprint density at radius 2 is 1.50 bits per heavy atom. The number of hydrogen-bond donors (Lipinski definition) is 3. The number of imide groups is 2. The van der Waals surface area contributed by atoms with Crippen molar-refractivity contribution in [2.24, 2.45) is 0 Å². The molecule has 0 spiro atoms. The van der Waals surface area contributed by atoms with Gasteiger partial charge in [0, 0.05) is 107 Å². The van der Waals surface area contributed by atoms with Crippen LogP contribution in [0.2, 0.25) is 5.02 Å². The zero-order chi connectivity index (χ0) is 49.1. The number of piperidine rings is 2. The average Bonchev–Trinajstić information content (AvgIpc) is 3.61. The lowest BCUT2D eigenvalue weighted by atomic mass is 10.0. The van der Waals surface area contributed by atoms with Crippen LogP contribution >= 0.6 is 18.7 Å². The molecule has 1 unspecified atom stereocenters. The number of anilines is 6. The molecular weight excluding hydrogens is 933 g/mol. The monoisotopic (exact) mass is 993 g/mol. The molecule has 4 saturated heterocycles. The lowest BCUT2D eigenvalue weighted by molar-refractivity contribution is -0.136. The van der Waals surface area contributed by atoms with Gasteiger partial charge in [-0.15, -0.1) is 0 Å². The maximum atomic E-state index is 13.3. The van der Waals surface area contributed by atoms with Crippen LogP contribution in [0.15, 0.2) is 66.9 Å². The van der Waals surface area contributed by atoms with Gasteiger partial charge in [-0.2, -0.15) is 4.98 Å². The molecule has 0 radical (unpaired) electrons. The Morgan fingerprint density at radius 1 is 0.800 bits per heavy atom. The highest BCUT2D eigenvalue weighted by atomic mass is 35.5. The zero-order valence-corrected chi connectivity index (χ0v) is 41.6. The van der Waals surface area contributed by atoms with Crippen molar-refractivity contribution in [2.45, 2.75) is 57.0 Å². The minimum absolute atomic E-state index is 0.0844. The Morgan fingerprint density at radius 3 is 2.23 bits per heavy atom. The first-order valence-corrected chi connectivity index (χ1v) is 27.2. The van der Waals surface area contributed by atoms with Crippen molar-refractivity contribution in [2.75, 3.05) is 113 Å². The molecule has 20 heteroatoms. The highest BCUT2D eigenvalue weighted by Crippen LogP contribution is 2.39. The van der Waals surface area contributed by atoms with Crippen molar-refractivity contribution in [1.29, 1.82) is 0 Å². The second-order valence-electron chi connectivity index (χ2n) is 19.0. The van der Waals surface area contributed by atoms with Crippen LogP contribution in [-0.4, -0.2) is 164 Å². The summed E-state index contributed by atoms with van der Waals surface area (Å²) in [6.07, 6.45) is 6.14. The number of hydrogen-bond acceptors (Lipinski definition) is 15. The van der Waals surface area contributed by atoms with E-state index in [9.17, 15) is 28.5 Å². The normalized spacial score (nSPS) is 19.6. The maximum Gasteiger partial charge on any atom is 0.262 e. The molecule has 0 saturated carbocycles. The zero-order valence-electron chi connectivity index (χ0n) is 40.0. The van der Waals surface area contributed by atoms with Gasteiger partial charge in [-0.1, -0.05) is 23.7 Å². The van der Waals surface area contributed by atoms with Crippen LogP contribution in [0.3, 0.4) is 0 Å². The predicted octanol–water partition coefficient (Wildman–Crippen LogP) is 5.38. The van der Waals surface area contributed by atoms with E-state index in [2.05, 4.69) is 51.6 Å². The number of ether oxygens (including phenoxy) is 1. The fraction of sp³-hybridized carbons (Fsp3) is 0.460. The Balaban J connectivity index is 0.676. The van der Waals surface area contributed by atoms with Crippen molar-refractivity contribution in [1.82, 2.24) is 34.9 Å². The van der Waals surface area contributed by atoms with Gasteiger partial charge in [0.15, 0.2) is 5.82 Å². The predicted molar refractivity (Wildman–Crippen MR) is 271 cm³/mol. The van der Waals surface area contributed by atoms with Gasteiger partial charge in [0.05, 0.1) is 35.8 Å². The van der Waals surface area contributed by atoms with E-state index in [-0.39, 0.29) is 24.3 Å². The maximum absolute atomic E-state index is 13.3. The van der Waals surface area contributed by atoms with E-state index < -0.39 is 36.8 Å². The molecule has 4 aromatic rings. The lowest BCUT2D eigenvalue weighted by Crippen LogP contribution is -2.54. The van der Waals surface area contributed by atoms with Gasteiger partial charge in [-0.05, 0) is 94.4 Å². The van der Waals surface area contributed by atoms with E-state index in [1.54, 1.807) is 32.6 Å². The van der Waals surface area contributed by atoms with Crippen LogP contribution in [0, 0.1) is 0 Å². The summed E-state index contributed by atoms with van der Waals surface area (Å²) >= 11 is 6.49. The van der Waals surface area contributed by atoms with E-state index in [0.29, 0.717) is 57.2 Å². The van der Waals surface area contributed by atoms with Crippen molar-refractivity contribution in [3.05, 3.63) is 83.0 Å². The summed E-state index contributed by atoms with van der Waals surface area (Å²) < 4.78 is 18.8. The number of nitrogens with one attached hydrogen (secondary N) is 3. The Kier molecular flexibility index (Phi) is 14.8. The first kappa shape index (κ1) is 48.9. The van der Waals surface area contributed by atoms with Crippen LogP contribution in [0.4, 0.5) is 34.5 Å². The lowest BCUT2D eigenvalue weighted by Gasteiger charge is -2.43. The number of unbranched alkanes of at least 4 members (excludes halogenated alkanes) is 1. The molecule has 0 aliphatic carbocycles. The number of rotatable bonds is 15. The van der Waals surface area contributed by atoms with Crippen LogP contribution < -0.4 is 35.8 Å². The molecular formula is C50H61ClN11O7P. The average molecular weight is 995 g/mol. The fourth-order valence-electron chi connectivity index (χ4n) is 10.3. The summed E-state index contributed by atoms with van der Waals surface area (Å²) in [6, 6.07) is 18.3. The second-order valence-corrected chi connectivity index (χ2v) is 22.6. The first-order valence-electron chi connectivity index (χ1n) is 24.2. The number of carbonyl (C=O) groups is 5. The number of carbonyl (C=O) groups excluding carboxylic acids is 5. The van der Waals surface area contributed by atoms with Crippen LogP contribution in [-0.2, 0) is 18.9 Å². The van der Waals surface area contributed by atoms with Crippen LogP contribution in [0.25, 0.3) is 0 Å². The first-order chi connectivity index (χ1) is 33.7. The minimum Gasteiger partial charge on any atom is -0.494 e. The highest BCUT2D eigenvalue weighted by molar-refractivity contribution is 7.70. The molecule has 5 aliphatic heterocycles. The largest absolute Gasteiger partial charge is 0.494 e. The molecule has 4 fully saturated rings. The summed E-state index contributed by atoms with van der Waals surface area (Å²) in [5.41, 5.74) is 3.90. The summed E-state index contributed by atoms with van der Waals surface area (Å²) in [6.45, 7) is 12.7. The summed E-state index contributed by atoms with van der Waals surface area (Å²) in [5, 5.41) is 9.81. The number of para-hydroxylation sites is 1. The van der Waals surface area contributed by atoms with E-state index in [4.69, 9.17) is 16.3 Å². The van der Waals surface area contributed by atoms with E-state index >= 15 is 0 Å². The van der Waals surface area contributed by atoms with Crippen molar-refractivity contribution in [3.8, 4) is 5.75 Å². The van der Waals surface area contributed by atoms with Gasteiger partial charge < -0.3 is 34.6 Å². The van der Waals surface area contributed by atoms with Crippen LogP contribution in [0.5, 0.6) is 5.75 Å². The number of amides is 5. The third-order valence-corrected chi connectivity index (χ3v) is 16.0. The number of methoxy groups -OCH3 is 1. The van der Waals surface area contributed by atoms with Crippen molar-refractivity contribution in [3.63, 3.8) is 0 Å². The SMILES string of the molecule is COc1cc(N2CCC(N3CCN(C(=O)CCCCN4CCN(c5ccc6c(c5)C(=O)N(C5CCC(=O)NC5=O)C6=O)CC4)CC3)CC2)ccc1Nc1ncc(Cl)c(Nc2ccccc2P(C)(C)=O)n1. The molecule has 3 aromatic carbocycles. The summed E-state index contributed by atoms with van der Waals surface area (Å²) in [7, 11) is -0.916. The smallest absolute Gasteiger partial charge is 0.262 e. The second kappa shape index (κ2) is 21.1. The van der Waals surface area contributed by atoms with E-state index in [0.717, 1.165) is 114 Å². The Bertz CT molecular complexity index is 2700. The number of benzene rings is 3. The summed E-state index contributed by atoms with van der Waals surface area (Å²) in [5.74, 6) is -0.389. The number of fused-ring (bicyclic) bond motifs is 1. The van der Waals surface area contributed by atoms with Gasteiger partial charge in [0.2, 0.25) is 23.7 Å². The molecule has 3 N–H and O–H groups in total. The third-order valence-electron chi connectivity index (χ3n) is 14.2. The van der Waals surface area contributed by atoms with Crippen LogP contribution in [0.1, 0.15) is 65.7 Å². The van der Waals surface area contributed by atoms with Gasteiger partial charge in [-0.25, -0.2) is 4.98 Å². The van der Waals surface area contributed by atoms with E-state index in [1.807, 2.05) is 47.4 Å². The topological polar surface area (TPSA) is 193 Å². The molecule has 70 heavy (non-hydrogen) atoms. The van der Waals surface area contributed by atoms with Gasteiger partial charge >= 0.3 is 0 Å². The number of nitrogens with zero attached hydrogens (tertiary/aromatic N) is 8. The Labute approximate surface area is 413 Å². The molecule has 0 bridgehead atoms. The number of aromatic nitrogens is 2. The minimum atomic E-state index is -2.56. The van der Waals surface area contributed by atoms with Crippen molar-refractivity contribution < 1.29 is 33.3 Å². The van der Waals surface area contributed by atoms with Gasteiger partial charge in [-0.3, -0.25) is 44.0 Å². The van der Waals surface area contributed by atoms with E-state index in [1.165, 1.54) is 6.20 Å². The molecule has 370 valence electrons. The number of piperazine rings is 2. The molecule has 18 nitrogen and oxygen atoms in total. The molecule has 9 rings (SSSR count). The molecule has 5 amide bonds. The third kappa shape index (κ3) is 10.8. The van der Waals surface area contributed by atoms with Gasteiger partial charge in [0.25, 0.3) is 11.8 Å². The quantitative estimate of drug-likeness (QED) is 0.0781. The molecule has 1 atom stereocenters. The summed E-state index contributed by atoms with van der Waals surface area (Å²) in [4.78, 5) is 85.5. The van der Waals surface area contributed by atoms with Gasteiger partial charge in [0.1, 0.15) is 24.0 Å². The standard InChI is InChI=1S/C50H61ClN11O7P/c1-69-42-31-35(12-14-39(42)54-50-52-32-38(51)46(56-50)53-40-8-4-5-9-43(40)70(2,3)68)58-20-17-33(18-21-58)59-26-28-61(29-27-59)45(64)10-6-7-19-57-22-24-60(25-23-57)34-11-13-36-37(30-34)49(67)62(48(36)66)41-15-16-44(63)55-47(41)65/h4-5,8-9,11-14,30-33,41H,6-7,10,15-29H2,1-3H3,(H,55,63,65)(H2,52,53,54,56). The number of halogens is 1. The fourth-order valence-corrected chi connectivity index (χ4v) is 11.6. The highest BCUT2D eigenvalue weighted by Gasteiger charge is 2.45. The molecule has 6 heterocycles. The Hall–Kier alpha value is -6.07.